The summed E-state index contributed by atoms with van der Waals surface area (Å²) in [5, 5.41) is 0. The molecule has 1 aliphatic rings. The Morgan fingerprint density at radius 2 is 1.70 bits per heavy atom. The summed E-state index contributed by atoms with van der Waals surface area (Å²) in [6.45, 7) is 2.11. The number of esters is 1. The van der Waals surface area contributed by atoms with Crippen LogP contribution < -0.4 is 4.90 Å². The van der Waals surface area contributed by atoms with Gasteiger partial charge in [0.15, 0.2) is 5.92 Å². The van der Waals surface area contributed by atoms with E-state index >= 15 is 0 Å². The summed E-state index contributed by atoms with van der Waals surface area (Å²) < 4.78 is 20.9. The van der Waals surface area contributed by atoms with E-state index in [1.165, 1.54) is 17.0 Å². The SMILES string of the molecule is CCOC(=O)C1C(=O)N(Cc2ccccc2)c2nc3ccccc3n2C1c1ccc(F)cc1. The van der Waals surface area contributed by atoms with E-state index in [2.05, 4.69) is 0 Å². The Labute approximate surface area is 190 Å². The van der Waals surface area contributed by atoms with E-state index in [4.69, 9.17) is 9.72 Å². The minimum absolute atomic E-state index is 0.148. The summed E-state index contributed by atoms with van der Waals surface area (Å²) in [7, 11) is 0. The Hall–Kier alpha value is -4.00. The molecule has 0 saturated heterocycles. The summed E-state index contributed by atoms with van der Waals surface area (Å²) in [5.41, 5.74) is 3.02. The molecule has 1 aromatic heterocycles. The van der Waals surface area contributed by atoms with Crippen LogP contribution in [0.2, 0.25) is 0 Å². The van der Waals surface area contributed by atoms with Gasteiger partial charge in [-0.25, -0.2) is 9.37 Å². The highest BCUT2D eigenvalue weighted by molar-refractivity contribution is 6.08. The molecule has 0 aliphatic carbocycles. The molecule has 7 heteroatoms. The zero-order valence-corrected chi connectivity index (χ0v) is 18.0. The van der Waals surface area contributed by atoms with Crippen LogP contribution in [0, 0.1) is 11.7 Å². The van der Waals surface area contributed by atoms with E-state index in [1.54, 1.807) is 19.1 Å². The third-order valence-corrected chi connectivity index (χ3v) is 5.88. The molecule has 3 aromatic carbocycles. The normalized spacial score (nSPS) is 17.8. The molecule has 0 N–H and O–H groups in total. The lowest BCUT2D eigenvalue weighted by Crippen LogP contribution is -2.49. The Morgan fingerprint density at radius 3 is 2.42 bits per heavy atom. The predicted molar refractivity (Wildman–Crippen MR) is 122 cm³/mol. The maximum absolute atomic E-state index is 13.8. The van der Waals surface area contributed by atoms with Crippen molar-refractivity contribution >= 4 is 28.9 Å². The molecule has 4 aromatic rings. The number of hydrogen-bond donors (Lipinski definition) is 0. The van der Waals surface area contributed by atoms with Gasteiger partial charge in [-0.1, -0.05) is 54.6 Å². The molecule has 2 heterocycles. The number of benzene rings is 3. The largest absolute Gasteiger partial charge is 0.465 e. The van der Waals surface area contributed by atoms with Crippen LogP contribution in [0.1, 0.15) is 24.1 Å². The molecule has 33 heavy (non-hydrogen) atoms. The third-order valence-electron chi connectivity index (χ3n) is 5.88. The second-order valence-corrected chi connectivity index (χ2v) is 7.91. The highest BCUT2D eigenvalue weighted by Gasteiger charge is 2.47. The van der Waals surface area contributed by atoms with E-state index in [-0.39, 0.29) is 13.2 Å². The first-order chi connectivity index (χ1) is 16.1. The Morgan fingerprint density at radius 1 is 1.00 bits per heavy atom. The first-order valence-corrected chi connectivity index (χ1v) is 10.8. The number of hydrogen-bond acceptors (Lipinski definition) is 4. The monoisotopic (exact) mass is 443 g/mol. The van der Waals surface area contributed by atoms with Gasteiger partial charge in [0.1, 0.15) is 5.82 Å². The van der Waals surface area contributed by atoms with Crippen LogP contribution in [0.15, 0.2) is 78.9 Å². The Balaban J connectivity index is 1.75. The molecule has 1 aliphatic heterocycles. The van der Waals surface area contributed by atoms with Crippen molar-refractivity contribution in [3.63, 3.8) is 0 Å². The van der Waals surface area contributed by atoms with Crippen molar-refractivity contribution in [2.45, 2.75) is 19.5 Å². The van der Waals surface area contributed by atoms with Gasteiger partial charge in [0.05, 0.1) is 30.2 Å². The van der Waals surface area contributed by atoms with E-state index in [0.29, 0.717) is 17.0 Å². The van der Waals surface area contributed by atoms with Crippen LogP contribution in [0.3, 0.4) is 0 Å². The molecule has 166 valence electrons. The highest BCUT2D eigenvalue weighted by Crippen LogP contribution is 2.41. The third kappa shape index (κ3) is 3.65. The summed E-state index contributed by atoms with van der Waals surface area (Å²) in [5.74, 6) is -2.09. The number of halogens is 1. The Bertz CT molecular complexity index is 1320. The summed E-state index contributed by atoms with van der Waals surface area (Å²) in [6, 6.07) is 22.2. The fourth-order valence-electron chi connectivity index (χ4n) is 4.42. The molecular formula is C26H22FN3O3. The smallest absolute Gasteiger partial charge is 0.321 e. The van der Waals surface area contributed by atoms with Crippen molar-refractivity contribution in [2.75, 3.05) is 11.5 Å². The number of aromatic nitrogens is 2. The molecule has 1 amide bonds. The van der Waals surface area contributed by atoms with E-state index in [9.17, 15) is 14.0 Å². The number of amides is 1. The number of fused-ring (bicyclic) bond motifs is 3. The summed E-state index contributed by atoms with van der Waals surface area (Å²) in [4.78, 5) is 33.3. The van der Waals surface area contributed by atoms with Crippen molar-refractivity contribution in [1.29, 1.82) is 0 Å². The van der Waals surface area contributed by atoms with Crippen LogP contribution in [-0.4, -0.2) is 28.0 Å². The fourth-order valence-corrected chi connectivity index (χ4v) is 4.42. The van der Waals surface area contributed by atoms with Crippen LogP contribution in [-0.2, 0) is 20.9 Å². The van der Waals surface area contributed by atoms with E-state index < -0.39 is 29.7 Å². The van der Waals surface area contributed by atoms with Gasteiger partial charge in [-0.05, 0) is 42.3 Å². The molecule has 2 unspecified atom stereocenters. The molecule has 0 radical (unpaired) electrons. The molecule has 0 saturated carbocycles. The van der Waals surface area contributed by atoms with Gasteiger partial charge in [-0.3, -0.25) is 14.5 Å². The molecule has 0 spiro atoms. The van der Waals surface area contributed by atoms with Crippen molar-refractivity contribution in [3.8, 4) is 0 Å². The lowest BCUT2D eigenvalue weighted by Gasteiger charge is -2.38. The average Bonchev–Trinajstić information content (AvgIpc) is 3.21. The zero-order valence-electron chi connectivity index (χ0n) is 18.0. The van der Waals surface area contributed by atoms with Crippen LogP contribution in [0.4, 0.5) is 10.3 Å². The molecular weight excluding hydrogens is 421 g/mol. The lowest BCUT2D eigenvalue weighted by molar-refractivity contribution is -0.153. The number of nitrogens with zero attached hydrogens (tertiary/aromatic N) is 3. The summed E-state index contributed by atoms with van der Waals surface area (Å²) >= 11 is 0. The Kier molecular flexibility index (Phi) is 5.38. The second kappa shape index (κ2) is 8.50. The number of para-hydroxylation sites is 2. The van der Waals surface area contributed by atoms with Crippen molar-refractivity contribution in [3.05, 3.63) is 95.8 Å². The van der Waals surface area contributed by atoms with Gasteiger partial charge in [0.2, 0.25) is 11.9 Å². The van der Waals surface area contributed by atoms with Crippen molar-refractivity contribution in [1.82, 2.24) is 9.55 Å². The van der Waals surface area contributed by atoms with Gasteiger partial charge >= 0.3 is 5.97 Å². The molecule has 6 nitrogen and oxygen atoms in total. The minimum atomic E-state index is -1.13. The van der Waals surface area contributed by atoms with Crippen LogP contribution >= 0.6 is 0 Å². The first kappa shape index (κ1) is 20.9. The number of anilines is 1. The molecule has 2 atom stereocenters. The molecule has 5 rings (SSSR count). The second-order valence-electron chi connectivity index (χ2n) is 7.91. The van der Waals surface area contributed by atoms with Gasteiger partial charge in [-0.2, -0.15) is 0 Å². The molecule has 0 bridgehead atoms. The maximum atomic E-state index is 13.8. The number of carbonyl (C=O) groups excluding carboxylic acids is 2. The minimum Gasteiger partial charge on any atom is -0.465 e. The number of carbonyl (C=O) groups is 2. The van der Waals surface area contributed by atoms with Crippen molar-refractivity contribution < 1.29 is 18.7 Å². The predicted octanol–water partition coefficient (Wildman–Crippen LogP) is 4.49. The average molecular weight is 443 g/mol. The summed E-state index contributed by atoms with van der Waals surface area (Å²) in [6.07, 6.45) is 0. The fraction of sp³-hybridized carbons (Fsp3) is 0.192. The van der Waals surface area contributed by atoms with E-state index in [1.807, 2.05) is 59.2 Å². The number of rotatable bonds is 5. The lowest BCUT2D eigenvalue weighted by atomic mass is 9.89. The van der Waals surface area contributed by atoms with Crippen LogP contribution in [0.25, 0.3) is 11.0 Å². The maximum Gasteiger partial charge on any atom is 0.321 e. The standard InChI is InChI=1S/C26H22FN3O3/c1-2-33-25(32)22-23(18-12-14-19(27)15-13-18)30-21-11-7-6-10-20(21)28-26(30)29(24(22)31)16-17-8-4-3-5-9-17/h3-15,22-23H,2,16H2,1H3. The zero-order chi connectivity index (χ0) is 22.9. The van der Waals surface area contributed by atoms with Gasteiger partial charge in [0.25, 0.3) is 0 Å². The van der Waals surface area contributed by atoms with Crippen LogP contribution in [0.5, 0.6) is 0 Å². The van der Waals surface area contributed by atoms with Crippen molar-refractivity contribution in [2.24, 2.45) is 5.92 Å². The first-order valence-electron chi connectivity index (χ1n) is 10.8. The van der Waals surface area contributed by atoms with Gasteiger partial charge in [0, 0.05) is 0 Å². The van der Waals surface area contributed by atoms with Gasteiger partial charge in [-0.15, -0.1) is 0 Å². The molecule has 0 fully saturated rings. The highest BCUT2D eigenvalue weighted by atomic mass is 19.1. The van der Waals surface area contributed by atoms with Gasteiger partial charge < -0.3 is 9.30 Å². The van der Waals surface area contributed by atoms with E-state index in [0.717, 1.165) is 11.1 Å². The number of ether oxygens (including phenoxy) is 1. The quantitative estimate of drug-likeness (QED) is 0.337. The topological polar surface area (TPSA) is 64.4 Å². The number of imidazole rings is 1.